The Kier molecular flexibility index (Phi) is 8.85. The standard InChI is InChI=1S/C21H23Cl2F2NO4/c1-11(2)18-16(30-10-29-3)5-4-12(20(18)24)6-14-15(22)7-13(21(25)19(14)23)8-26-9-17(27)28/h4-5,7,11,26H,6,8-10H2,1-3H3,(H,27,28). The Bertz CT molecular complexity index is 923. The summed E-state index contributed by atoms with van der Waals surface area (Å²) >= 11 is 12.5. The van der Waals surface area contributed by atoms with Crippen LogP contribution in [0.5, 0.6) is 5.75 Å². The molecule has 0 radical (unpaired) electrons. The molecule has 0 aliphatic heterocycles. The molecule has 2 N–H and O–H groups in total. The predicted molar refractivity (Wildman–Crippen MR) is 112 cm³/mol. The van der Waals surface area contributed by atoms with Gasteiger partial charge >= 0.3 is 5.97 Å². The maximum absolute atomic E-state index is 15.2. The van der Waals surface area contributed by atoms with Crippen LogP contribution in [0.3, 0.4) is 0 Å². The highest BCUT2D eigenvalue weighted by molar-refractivity contribution is 6.36. The zero-order valence-corrected chi connectivity index (χ0v) is 18.3. The first-order valence-corrected chi connectivity index (χ1v) is 9.93. The number of hydrogen-bond acceptors (Lipinski definition) is 4. The van der Waals surface area contributed by atoms with Crippen LogP contribution in [0.25, 0.3) is 0 Å². The molecule has 2 aromatic rings. The second kappa shape index (κ2) is 10.9. The third kappa shape index (κ3) is 5.82. The van der Waals surface area contributed by atoms with Gasteiger partial charge in [-0.25, -0.2) is 8.78 Å². The van der Waals surface area contributed by atoms with Crippen LogP contribution in [0.1, 0.15) is 42.0 Å². The van der Waals surface area contributed by atoms with Crippen molar-refractivity contribution in [3.05, 3.63) is 62.1 Å². The summed E-state index contributed by atoms with van der Waals surface area (Å²) in [6.45, 7) is 3.26. The number of carboxylic acid groups (broad SMARTS) is 1. The van der Waals surface area contributed by atoms with Crippen LogP contribution in [-0.4, -0.2) is 31.5 Å². The number of methoxy groups -OCH3 is 1. The summed E-state index contributed by atoms with van der Waals surface area (Å²) in [5, 5.41) is 11.2. The molecular formula is C21H23Cl2F2NO4. The Balaban J connectivity index is 2.36. The number of carboxylic acids is 1. The molecule has 2 rings (SSSR count). The SMILES string of the molecule is COCOc1ccc(Cc2c(Cl)cc(CNCC(=O)O)c(F)c2Cl)c(F)c1C(C)C. The smallest absolute Gasteiger partial charge is 0.317 e. The van der Waals surface area contributed by atoms with Crippen molar-refractivity contribution in [3.63, 3.8) is 0 Å². The van der Waals surface area contributed by atoms with Crippen molar-refractivity contribution in [3.8, 4) is 5.75 Å². The van der Waals surface area contributed by atoms with E-state index in [1.165, 1.54) is 13.2 Å². The molecule has 0 heterocycles. The molecule has 9 heteroatoms. The third-order valence-electron chi connectivity index (χ3n) is 4.42. The summed E-state index contributed by atoms with van der Waals surface area (Å²) in [6.07, 6.45) is -0.0203. The first-order valence-electron chi connectivity index (χ1n) is 9.18. The molecule has 164 valence electrons. The molecule has 30 heavy (non-hydrogen) atoms. The minimum absolute atomic E-state index is 0.0151. The topological polar surface area (TPSA) is 67.8 Å². The average molecular weight is 462 g/mol. The van der Waals surface area contributed by atoms with Crippen molar-refractivity contribution < 1.29 is 28.2 Å². The van der Waals surface area contributed by atoms with Crippen molar-refractivity contribution in [2.24, 2.45) is 0 Å². The van der Waals surface area contributed by atoms with E-state index in [0.717, 1.165) is 0 Å². The first-order chi connectivity index (χ1) is 14.2. The third-order valence-corrected chi connectivity index (χ3v) is 5.15. The highest BCUT2D eigenvalue weighted by atomic mass is 35.5. The lowest BCUT2D eigenvalue weighted by Crippen LogP contribution is -2.22. The van der Waals surface area contributed by atoms with Gasteiger partial charge in [-0.05, 0) is 29.2 Å². The van der Waals surface area contributed by atoms with Crippen molar-refractivity contribution in [1.82, 2.24) is 5.32 Å². The van der Waals surface area contributed by atoms with E-state index in [0.29, 0.717) is 16.9 Å². The second-order valence-corrected chi connectivity index (χ2v) is 7.74. The molecular weight excluding hydrogens is 439 g/mol. The number of nitrogens with one attached hydrogen (secondary N) is 1. The lowest BCUT2D eigenvalue weighted by Gasteiger charge is -2.18. The van der Waals surface area contributed by atoms with Gasteiger partial charge in [0.05, 0.1) is 11.6 Å². The zero-order chi connectivity index (χ0) is 22.4. The number of benzene rings is 2. The lowest BCUT2D eigenvalue weighted by molar-refractivity contribution is -0.136. The van der Waals surface area contributed by atoms with Crippen LogP contribution >= 0.6 is 23.2 Å². The van der Waals surface area contributed by atoms with Crippen LogP contribution in [0, 0.1) is 11.6 Å². The van der Waals surface area contributed by atoms with E-state index in [1.807, 2.05) is 13.8 Å². The summed E-state index contributed by atoms with van der Waals surface area (Å²) in [6, 6.07) is 4.54. The van der Waals surface area contributed by atoms with Gasteiger partial charge in [0.25, 0.3) is 0 Å². The van der Waals surface area contributed by atoms with Crippen LogP contribution in [0.2, 0.25) is 10.0 Å². The Morgan fingerprint density at radius 1 is 1.20 bits per heavy atom. The Labute approximate surface area is 183 Å². The number of halogens is 4. The fraction of sp³-hybridized carbons (Fsp3) is 0.381. The van der Waals surface area contributed by atoms with Crippen molar-refractivity contribution >= 4 is 29.2 Å². The van der Waals surface area contributed by atoms with Crippen LogP contribution in [0.15, 0.2) is 18.2 Å². The predicted octanol–water partition coefficient (Wildman–Crippen LogP) is 5.14. The molecule has 0 saturated heterocycles. The molecule has 0 spiro atoms. The van der Waals surface area contributed by atoms with Gasteiger partial charge < -0.3 is 19.9 Å². The summed E-state index contributed by atoms with van der Waals surface area (Å²) in [5.74, 6) is -2.06. The van der Waals surface area contributed by atoms with Gasteiger partial charge in [0.1, 0.15) is 17.4 Å². The highest BCUT2D eigenvalue weighted by Crippen LogP contribution is 2.36. The fourth-order valence-corrected chi connectivity index (χ4v) is 3.64. The van der Waals surface area contributed by atoms with E-state index in [9.17, 15) is 9.18 Å². The van der Waals surface area contributed by atoms with Crippen molar-refractivity contribution in [2.45, 2.75) is 32.7 Å². The molecule has 0 saturated carbocycles. The number of hydrogen-bond donors (Lipinski definition) is 2. The monoisotopic (exact) mass is 461 g/mol. The zero-order valence-electron chi connectivity index (χ0n) is 16.8. The maximum atomic E-state index is 15.2. The largest absolute Gasteiger partial charge is 0.480 e. The van der Waals surface area contributed by atoms with Gasteiger partial charge in [0.15, 0.2) is 6.79 Å². The van der Waals surface area contributed by atoms with Crippen molar-refractivity contribution in [1.29, 1.82) is 0 Å². The molecule has 0 amide bonds. The normalized spacial score (nSPS) is 11.2. The van der Waals surface area contributed by atoms with E-state index in [4.69, 9.17) is 37.8 Å². The Hall–Kier alpha value is -1.93. The molecule has 5 nitrogen and oxygen atoms in total. The minimum Gasteiger partial charge on any atom is -0.480 e. The highest BCUT2D eigenvalue weighted by Gasteiger charge is 2.21. The lowest BCUT2D eigenvalue weighted by atomic mass is 9.95. The van der Waals surface area contributed by atoms with Crippen molar-refractivity contribution in [2.75, 3.05) is 20.4 Å². The summed E-state index contributed by atoms with van der Waals surface area (Å²) in [4.78, 5) is 10.6. The number of ether oxygens (including phenoxy) is 2. The molecule has 0 aliphatic carbocycles. The van der Waals surface area contributed by atoms with Gasteiger partial charge in [0.2, 0.25) is 0 Å². The fourth-order valence-electron chi connectivity index (χ4n) is 3.01. The number of rotatable bonds is 10. The Morgan fingerprint density at radius 3 is 2.50 bits per heavy atom. The van der Waals surface area contributed by atoms with Gasteiger partial charge in [0, 0.05) is 36.2 Å². The summed E-state index contributed by atoms with van der Waals surface area (Å²) in [5.41, 5.74) is 1.05. The molecule has 2 aromatic carbocycles. The molecule has 0 aliphatic rings. The van der Waals surface area contributed by atoms with Gasteiger partial charge in [-0.3, -0.25) is 4.79 Å². The van der Waals surface area contributed by atoms with E-state index in [2.05, 4.69) is 5.32 Å². The van der Waals surface area contributed by atoms with Gasteiger partial charge in [-0.15, -0.1) is 0 Å². The van der Waals surface area contributed by atoms with E-state index >= 15 is 4.39 Å². The maximum Gasteiger partial charge on any atom is 0.317 e. The van der Waals surface area contributed by atoms with Gasteiger partial charge in [-0.1, -0.05) is 43.1 Å². The van der Waals surface area contributed by atoms with Crippen LogP contribution < -0.4 is 10.1 Å². The van der Waals surface area contributed by atoms with Crippen LogP contribution in [0.4, 0.5) is 8.78 Å². The van der Waals surface area contributed by atoms with E-state index in [-0.39, 0.29) is 53.4 Å². The first kappa shape index (κ1) is 24.3. The van der Waals surface area contributed by atoms with E-state index < -0.39 is 17.6 Å². The van der Waals surface area contributed by atoms with E-state index in [1.54, 1.807) is 12.1 Å². The number of carbonyl (C=O) groups is 1. The van der Waals surface area contributed by atoms with Crippen LogP contribution in [-0.2, 0) is 22.5 Å². The Morgan fingerprint density at radius 2 is 1.90 bits per heavy atom. The molecule has 0 aromatic heterocycles. The quantitative estimate of drug-likeness (QED) is 0.378. The second-order valence-electron chi connectivity index (χ2n) is 6.95. The molecule has 0 bridgehead atoms. The molecule has 0 atom stereocenters. The average Bonchev–Trinajstić information content (AvgIpc) is 2.68. The minimum atomic E-state index is -1.07. The summed E-state index contributed by atoms with van der Waals surface area (Å²) < 4.78 is 40.2. The summed E-state index contributed by atoms with van der Waals surface area (Å²) in [7, 11) is 1.47. The molecule has 0 fully saturated rings. The van der Waals surface area contributed by atoms with Gasteiger partial charge in [-0.2, -0.15) is 0 Å². The molecule has 0 unspecified atom stereocenters. The number of aliphatic carboxylic acids is 1.